The highest BCUT2D eigenvalue weighted by molar-refractivity contribution is 5.81. The Hall–Kier alpha value is -1.46. The standard InChI is InChI=1S/C19H28FN3O/c1-15(19(24)21-17-7-3-4-8-17)23-12-10-22(11-13-23)14-16-6-2-5-9-18(16)20/h2,5-6,9,15,17H,3-4,7-8,10-14H2,1H3,(H,21,24). The van der Waals surface area contributed by atoms with E-state index in [0.29, 0.717) is 12.6 Å². The number of nitrogens with one attached hydrogen (secondary N) is 1. The molecule has 1 N–H and O–H groups in total. The highest BCUT2D eigenvalue weighted by Gasteiger charge is 2.27. The van der Waals surface area contributed by atoms with Crippen molar-refractivity contribution in [2.45, 2.75) is 51.2 Å². The molecule has 1 amide bonds. The number of rotatable bonds is 5. The lowest BCUT2D eigenvalue weighted by atomic mass is 10.1. The molecule has 1 heterocycles. The van der Waals surface area contributed by atoms with Gasteiger partial charge in [-0.15, -0.1) is 0 Å². The van der Waals surface area contributed by atoms with Gasteiger partial charge in [-0.1, -0.05) is 31.0 Å². The van der Waals surface area contributed by atoms with Crippen molar-refractivity contribution in [3.8, 4) is 0 Å². The van der Waals surface area contributed by atoms with Gasteiger partial charge in [-0.25, -0.2) is 4.39 Å². The van der Waals surface area contributed by atoms with Crippen LogP contribution in [0.15, 0.2) is 24.3 Å². The van der Waals surface area contributed by atoms with Crippen LogP contribution in [0.3, 0.4) is 0 Å². The quantitative estimate of drug-likeness (QED) is 0.899. The molecular weight excluding hydrogens is 305 g/mol. The smallest absolute Gasteiger partial charge is 0.237 e. The molecule has 2 fully saturated rings. The Balaban J connectivity index is 1.45. The summed E-state index contributed by atoms with van der Waals surface area (Å²) in [4.78, 5) is 16.9. The molecule has 1 aromatic rings. The number of hydrogen-bond donors (Lipinski definition) is 1. The minimum absolute atomic E-state index is 0.0822. The number of nitrogens with zero attached hydrogens (tertiary/aromatic N) is 2. The number of carbonyl (C=O) groups excluding carboxylic acids is 1. The van der Waals surface area contributed by atoms with Crippen molar-refractivity contribution in [1.29, 1.82) is 0 Å². The van der Waals surface area contributed by atoms with Crippen molar-refractivity contribution < 1.29 is 9.18 Å². The lowest BCUT2D eigenvalue weighted by Crippen LogP contribution is -2.54. The SMILES string of the molecule is CC(C(=O)NC1CCCC1)N1CCN(Cc2ccccc2F)CC1. The van der Waals surface area contributed by atoms with Crippen LogP contribution in [0.4, 0.5) is 4.39 Å². The van der Waals surface area contributed by atoms with Gasteiger partial charge in [0.15, 0.2) is 0 Å². The van der Waals surface area contributed by atoms with E-state index in [1.165, 1.54) is 18.9 Å². The van der Waals surface area contributed by atoms with Crippen LogP contribution in [0.2, 0.25) is 0 Å². The van der Waals surface area contributed by atoms with Crippen molar-refractivity contribution in [1.82, 2.24) is 15.1 Å². The second-order valence-corrected chi connectivity index (χ2v) is 7.07. The van der Waals surface area contributed by atoms with Crippen LogP contribution in [0.1, 0.15) is 38.2 Å². The molecule has 1 aromatic carbocycles. The third kappa shape index (κ3) is 4.33. The first-order valence-corrected chi connectivity index (χ1v) is 9.13. The van der Waals surface area contributed by atoms with E-state index >= 15 is 0 Å². The van der Waals surface area contributed by atoms with Crippen molar-refractivity contribution in [2.24, 2.45) is 0 Å². The Kier molecular flexibility index (Phi) is 5.85. The molecule has 0 radical (unpaired) electrons. The summed E-state index contributed by atoms with van der Waals surface area (Å²) in [6, 6.07) is 7.26. The summed E-state index contributed by atoms with van der Waals surface area (Å²) in [5.41, 5.74) is 0.748. The van der Waals surface area contributed by atoms with Crippen LogP contribution < -0.4 is 5.32 Å². The largest absolute Gasteiger partial charge is 0.352 e. The highest BCUT2D eigenvalue weighted by atomic mass is 19.1. The number of carbonyl (C=O) groups is 1. The summed E-state index contributed by atoms with van der Waals surface area (Å²) in [6.07, 6.45) is 4.70. The molecule has 1 saturated heterocycles. The van der Waals surface area contributed by atoms with E-state index in [0.717, 1.165) is 44.6 Å². The maximum Gasteiger partial charge on any atom is 0.237 e. The molecule has 24 heavy (non-hydrogen) atoms. The number of piperazine rings is 1. The van der Waals surface area contributed by atoms with Crippen molar-refractivity contribution in [3.63, 3.8) is 0 Å². The van der Waals surface area contributed by atoms with Crippen LogP contribution in [-0.4, -0.2) is 54.0 Å². The van der Waals surface area contributed by atoms with E-state index in [4.69, 9.17) is 0 Å². The van der Waals surface area contributed by atoms with E-state index < -0.39 is 0 Å². The molecule has 2 aliphatic rings. The average Bonchev–Trinajstić information content (AvgIpc) is 3.10. The minimum atomic E-state index is -0.135. The van der Waals surface area contributed by atoms with Gasteiger partial charge in [-0.05, 0) is 25.8 Å². The Bertz CT molecular complexity index is 551. The topological polar surface area (TPSA) is 35.6 Å². The normalized spacial score (nSPS) is 21.8. The van der Waals surface area contributed by atoms with Crippen molar-refractivity contribution in [3.05, 3.63) is 35.6 Å². The van der Waals surface area contributed by atoms with Gasteiger partial charge in [0.05, 0.1) is 6.04 Å². The summed E-state index contributed by atoms with van der Waals surface area (Å²) in [5, 5.41) is 3.19. The lowest BCUT2D eigenvalue weighted by Gasteiger charge is -2.37. The summed E-state index contributed by atoms with van der Waals surface area (Å²) in [5.74, 6) is 0.0219. The summed E-state index contributed by atoms with van der Waals surface area (Å²) >= 11 is 0. The molecule has 1 atom stereocenters. The molecule has 132 valence electrons. The maximum atomic E-state index is 13.8. The molecular formula is C19H28FN3O. The van der Waals surface area contributed by atoms with E-state index in [9.17, 15) is 9.18 Å². The van der Waals surface area contributed by atoms with Crippen molar-refractivity contribution in [2.75, 3.05) is 26.2 Å². The van der Waals surface area contributed by atoms with Gasteiger partial charge in [0, 0.05) is 44.3 Å². The predicted molar refractivity (Wildman–Crippen MR) is 93.1 cm³/mol. The molecule has 3 rings (SSSR count). The average molecular weight is 333 g/mol. The van der Waals surface area contributed by atoms with E-state index in [-0.39, 0.29) is 17.8 Å². The van der Waals surface area contributed by atoms with Crippen LogP contribution in [0.5, 0.6) is 0 Å². The van der Waals surface area contributed by atoms with E-state index in [1.54, 1.807) is 6.07 Å². The molecule has 5 heteroatoms. The zero-order valence-corrected chi connectivity index (χ0v) is 14.5. The Labute approximate surface area is 144 Å². The minimum Gasteiger partial charge on any atom is -0.352 e. The van der Waals surface area contributed by atoms with Crippen LogP contribution in [0, 0.1) is 5.82 Å². The Morgan fingerprint density at radius 2 is 1.88 bits per heavy atom. The zero-order chi connectivity index (χ0) is 16.9. The monoisotopic (exact) mass is 333 g/mol. The van der Waals surface area contributed by atoms with Crippen LogP contribution >= 0.6 is 0 Å². The van der Waals surface area contributed by atoms with E-state index in [2.05, 4.69) is 15.1 Å². The fourth-order valence-corrected chi connectivity index (χ4v) is 3.73. The molecule has 1 aliphatic heterocycles. The molecule has 0 bridgehead atoms. The molecule has 4 nitrogen and oxygen atoms in total. The Morgan fingerprint density at radius 3 is 2.54 bits per heavy atom. The first kappa shape index (κ1) is 17.4. The summed E-state index contributed by atoms with van der Waals surface area (Å²) in [7, 11) is 0. The van der Waals surface area contributed by atoms with Gasteiger partial charge < -0.3 is 5.32 Å². The molecule has 1 saturated carbocycles. The second kappa shape index (κ2) is 8.08. The summed E-state index contributed by atoms with van der Waals surface area (Å²) < 4.78 is 13.8. The van der Waals surface area contributed by atoms with Crippen molar-refractivity contribution >= 4 is 5.91 Å². The van der Waals surface area contributed by atoms with Gasteiger partial charge in [-0.2, -0.15) is 0 Å². The molecule has 1 unspecified atom stereocenters. The molecule has 0 aromatic heterocycles. The number of amides is 1. The third-order valence-corrected chi connectivity index (χ3v) is 5.39. The van der Waals surface area contributed by atoms with Gasteiger partial charge in [0.2, 0.25) is 5.91 Å². The molecule has 1 aliphatic carbocycles. The van der Waals surface area contributed by atoms with Crippen LogP contribution in [-0.2, 0) is 11.3 Å². The van der Waals surface area contributed by atoms with Gasteiger partial charge in [0.1, 0.15) is 5.82 Å². The Morgan fingerprint density at radius 1 is 1.21 bits per heavy atom. The van der Waals surface area contributed by atoms with Crippen LogP contribution in [0.25, 0.3) is 0 Å². The highest BCUT2D eigenvalue weighted by Crippen LogP contribution is 2.18. The van der Waals surface area contributed by atoms with Gasteiger partial charge >= 0.3 is 0 Å². The predicted octanol–water partition coefficient (Wildman–Crippen LogP) is 2.39. The fourth-order valence-electron chi connectivity index (χ4n) is 3.73. The third-order valence-electron chi connectivity index (χ3n) is 5.39. The second-order valence-electron chi connectivity index (χ2n) is 7.07. The molecule has 0 spiro atoms. The fraction of sp³-hybridized carbons (Fsp3) is 0.632. The zero-order valence-electron chi connectivity index (χ0n) is 14.5. The van der Waals surface area contributed by atoms with Gasteiger partial charge in [-0.3, -0.25) is 14.6 Å². The number of benzene rings is 1. The number of hydrogen-bond acceptors (Lipinski definition) is 3. The number of halogens is 1. The van der Waals surface area contributed by atoms with E-state index in [1.807, 2.05) is 19.1 Å². The summed E-state index contributed by atoms with van der Waals surface area (Å²) in [6.45, 7) is 6.09. The first-order valence-electron chi connectivity index (χ1n) is 9.13. The maximum absolute atomic E-state index is 13.8. The van der Waals surface area contributed by atoms with Gasteiger partial charge in [0.25, 0.3) is 0 Å². The lowest BCUT2D eigenvalue weighted by molar-refractivity contribution is -0.127. The first-order chi connectivity index (χ1) is 11.6.